The van der Waals surface area contributed by atoms with Crippen LogP contribution in [0.25, 0.3) is 0 Å². The number of hydrogen-bond donors (Lipinski definition) is 2. The number of aliphatic hydroxyl groups is 1. The lowest BCUT2D eigenvalue weighted by Gasteiger charge is -2.09. The van der Waals surface area contributed by atoms with E-state index in [0.29, 0.717) is 24.5 Å². The Morgan fingerprint density at radius 3 is 2.69 bits per heavy atom. The van der Waals surface area contributed by atoms with Crippen LogP contribution in [0.3, 0.4) is 0 Å². The third-order valence-corrected chi connectivity index (χ3v) is 1.88. The minimum atomic E-state index is -0.557. The molecule has 0 saturated carbocycles. The smallest absolute Gasteiger partial charge is 0.412 e. The van der Waals surface area contributed by atoms with Gasteiger partial charge in [-0.05, 0) is 18.6 Å². The molecule has 1 rings (SSSR count). The van der Waals surface area contributed by atoms with Gasteiger partial charge in [0.25, 0.3) is 0 Å². The zero-order chi connectivity index (χ0) is 11.8. The van der Waals surface area contributed by atoms with E-state index in [1.807, 2.05) is 0 Å². The molecule has 1 aromatic carbocycles. The van der Waals surface area contributed by atoms with Crippen LogP contribution in [0.15, 0.2) is 24.3 Å². The van der Waals surface area contributed by atoms with Crippen LogP contribution in [0.4, 0.5) is 4.79 Å². The van der Waals surface area contributed by atoms with Gasteiger partial charge in [0.2, 0.25) is 0 Å². The fourth-order valence-corrected chi connectivity index (χ4v) is 1.11. The Balaban J connectivity index is 2.49. The van der Waals surface area contributed by atoms with E-state index in [4.69, 9.17) is 14.6 Å². The number of amides is 1. The zero-order valence-corrected chi connectivity index (χ0v) is 9.10. The average molecular weight is 225 g/mol. The third-order valence-electron chi connectivity index (χ3n) is 1.88. The summed E-state index contributed by atoms with van der Waals surface area (Å²) in [6.07, 6.45) is -0.0564. The van der Waals surface area contributed by atoms with Crippen molar-refractivity contribution in [3.05, 3.63) is 24.3 Å². The number of rotatable bonds is 5. The van der Waals surface area contributed by atoms with Gasteiger partial charge in [-0.3, -0.25) is 0 Å². The van der Waals surface area contributed by atoms with Crippen molar-refractivity contribution in [2.75, 3.05) is 20.3 Å². The van der Waals surface area contributed by atoms with Crippen LogP contribution in [0.2, 0.25) is 0 Å². The molecule has 0 aliphatic heterocycles. The maximum atomic E-state index is 11.3. The first kappa shape index (κ1) is 12.3. The highest BCUT2D eigenvalue weighted by atomic mass is 16.6. The molecule has 16 heavy (non-hydrogen) atoms. The second-order valence-corrected chi connectivity index (χ2v) is 3.04. The lowest BCUT2D eigenvalue weighted by Crippen LogP contribution is -2.28. The van der Waals surface area contributed by atoms with Crippen LogP contribution < -0.4 is 14.8 Å². The minimum absolute atomic E-state index is 0.0366. The molecule has 0 atom stereocenters. The Hall–Kier alpha value is -1.75. The normalized spacial score (nSPS) is 9.62. The number of aliphatic hydroxyl groups excluding tert-OH is 1. The van der Waals surface area contributed by atoms with E-state index in [9.17, 15) is 4.79 Å². The monoisotopic (exact) mass is 225 g/mol. The number of hydrogen-bond acceptors (Lipinski definition) is 4. The van der Waals surface area contributed by atoms with E-state index in [2.05, 4.69) is 5.32 Å². The summed E-state index contributed by atoms with van der Waals surface area (Å²) >= 11 is 0. The summed E-state index contributed by atoms with van der Waals surface area (Å²) in [6.45, 7) is 0.416. The van der Waals surface area contributed by atoms with Crippen LogP contribution in [0.1, 0.15) is 6.42 Å². The van der Waals surface area contributed by atoms with Crippen molar-refractivity contribution in [3.8, 4) is 11.5 Å². The molecule has 0 aliphatic rings. The summed E-state index contributed by atoms with van der Waals surface area (Å²) in [5.41, 5.74) is 0. The van der Waals surface area contributed by atoms with Gasteiger partial charge < -0.3 is 19.9 Å². The average Bonchev–Trinajstić information content (AvgIpc) is 2.30. The van der Waals surface area contributed by atoms with Gasteiger partial charge in [0.1, 0.15) is 0 Å². The van der Waals surface area contributed by atoms with Crippen LogP contribution in [0, 0.1) is 0 Å². The molecule has 5 heteroatoms. The summed E-state index contributed by atoms with van der Waals surface area (Å²) in [4.78, 5) is 11.3. The quantitative estimate of drug-likeness (QED) is 0.738. The number of benzene rings is 1. The summed E-state index contributed by atoms with van der Waals surface area (Å²) < 4.78 is 10.1. The number of ether oxygens (including phenoxy) is 2. The number of nitrogens with one attached hydrogen (secondary N) is 1. The fourth-order valence-electron chi connectivity index (χ4n) is 1.11. The van der Waals surface area contributed by atoms with Gasteiger partial charge in [0.15, 0.2) is 11.5 Å². The molecule has 0 radical (unpaired) electrons. The molecule has 0 heterocycles. The molecule has 5 nitrogen and oxygen atoms in total. The first-order valence-corrected chi connectivity index (χ1v) is 4.97. The maximum Gasteiger partial charge on any atom is 0.412 e. The topological polar surface area (TPSA) is 67.8 Å². The lowest BCUT2D eigenvalue weighted by atomic mass is 10.3. The molecule has 0 bridgehead atoms. The van der Waals surface area contributed by atoms with Crippen molar-refractivity contribution >= 4 is 6.09 Å². The van der Waals surface area contributed by atoms with Crippen molar-refractivity contribution in [2.45, 2.75) is 6.42 Å². The van der Waals surface area contributed by atoms with Crippen LogP contribution in [-0.4, -0.2) is 31.5 Å². The maximum absolute atomic E-state index is 11.3. The van der Waals surface area contributed by atoms with Crippen molar-refractivity contribution in [3.63, 3.8) is 0 Å². The van der Waals surface area contributed by atoms with Gasteiger partial charge in [-0.2, -0.15) is 0 Å². The van der Waals surface area contributed by atoms with E-state index in [1.54, 1.807) is 24.3 Å². The summed E-state index contributed by atoms with van der Waals surface area (Å²) in [5, 5.41) is 11.0. The highest BCUT2D eigenvalue weighted by molar-refractivity contribution is 5.71. The molecular weight excluding hydrogens is 210 g/mol. The van der Waals surface area contributed by atoms with Crippen molar-refractivity contribution in [1.82, 2.24) is 5.32 Å². The standard InChI is InChI=1S/C11H15NO4/c1-15-9-5-2-3-6-10(9)16-11(14)12-7-4-8-13/h2-3,5-6,13H,4,7-8H2,1H3,(H,12,14). The zero-order valence-electron chi connectivity index (χ0n) is 9.10. The molecule has 0 aromatic heterocycles. The molecule has 0 aliphatic carbocycles. The Kier molecular flexibility index (Phi) is 5.15. The summed E-state index contributed by atoms with van der Waals surface area (Å²) in [6, 6.07) is 6.88. The Morgan fingerprint density at radius 2 is 2.06 bits per heavy atom. The van der Waals surface area contributed by atoms with Gasteiger partial charge in [-0.25, -0.2) is 4.79 Å². The Bertz CT molecular complexity index is 341. The molecule has 2 N–H and O–H groups in total. The summed E-state index contributed by atoms with van der Waals surface area (Å²) in [7, 11) is 1.51. The highest BCUT2D eigenvalue weighted by Gasteiger charge is 2.07. The van der Waals surface area contributed by atoms with Gasteiger partial charge in [0.05, 0.1) is 7.11 Å². The SMILES string of the molecule is COc1ccccc1OC(=O)NCCCO. The molecule has 0 spiro atoms. The fraction of sp³-hybridized carbons (Fsp3) is 0.364. The van der Waals surface area contributed by atoms with Crippen LogP contribution >= 0.6 is 0 Å². The second kappa shape index (κ2) is 6.68. The molecular formula is C11H15NO4. The van der Waals surface area contributed by atoms with E-state index in [0.717, 1.165) is 0 Å². The van der Waals surface area contributed by atoms with E-state index in [-0.39, 0.29) is 6.61 Å². The van der Waals surface area contributed by atoms with Gasteiger partial charge >= 0.3 is 6.09 Å². The molecule has 0 unspecified atom stereocenters. The molecule has 1 aromatic rings. The molecule has 0 fully saturated rings. The third kappa shape index (κ3) is 3.78. The number of carbonyl (C=O) groups is 1. The number of carbonyl (C=O) groups excluding carboxylic acids is 1. The Labute approximate surface area is 94.0 Å². The highest BCUT2D eigenvalue weighted by Crippen LogP contribution is 2.25. The summed E-state index contributed by atoms with van der Waals surface area (Å²) in [5.74, 6) is 0.867. The van der Waals surface area contributed by atoms with Gasteiger partial charge in [-0.15, -0.1) is 0 Å². The second-order valence-electron chi connectivity index (χ2n) is 3.04. The first-order chi connectivity index (χ1) is 7.77. The van der Waals surface area contributed by atoms with Gasteiger partial charge in [0, 0.05) is 13.2 Å². The first-order valence-electron chi connectivity index (χ1n) is 4.97. The van der Waals surface area contributed by atoms with Crippen molar-refractivity contribution < 1.29 is 19.4 Å². The van der Waals surface area contributed by atoms with Crippen molar-refractivity contribution in [1.29, 1.82) is 0 Å². The van der Waals surface area contributed by atoms with Crippen LogP contribution in [0.5, 0.6) is 11.5 Å². The predicted molar refractivity (Wildman–Crippen MR) is 58.7 cm³/mol. The van der Waals surface area contributed by atoms with Crippen molar-refractivity contribution in [2.24, 2.45) is 0 Å². The van der Waals surface area contributed by atoms with Crippen LogP contribution in [-0.2, 0) is 0 Å². The minimum Gasteiger partial charge on any atom is -0.493 e. The van der Waals surface area contributed by atoms with E-state index < -0.39 is 6.09 Å². The number of para-hydroxylation sites is 2. The number of methoxy groups -OCH3 is 1. The molecule has 0 saturated heterocycles. The molecule has 88 valence electrons. The molecule has 1 amide bonds. The van der Waals surface area contributed by atoms with Gasteiger partial charge in [-0.1, -0.05) is 12.1 Å². The predicted octanol–water partition coefficient (Wildman–Crippen LogP) is 1.17. The largest absolute Gasteiger partial charge is 0.493 e. The Morgan fingerprint density at radius 1 is 1.38 bits per heavy atom. The van der Waals surface area contributed by atoms with E-state index in [1.165, 1.54) is 7.11 Å². The van der Waals surface area contributed by atoms with E-state index >= 15 is 0 Å². The lowest BCUT2D eigenvalue weighted by molar-refractivity contribution is 0.196.